The molecule has 0 radical (unpaired) electrons. The summed E-state index contributed by atoms with van der Waals surface area (Å²) in [4.78, 5) is 0. The molecule has 0 saturated carbocycles. The molecular weight excluding hydrogens is 220 g/mol. The van der Waals surface area contributed by atoms with Crippen LogP contribution in [0.1, 0.15) is 33.4 Å². The topological polar surface area (TPSA) is 13.1 Å². The van der Waals surface area contributed by atoms with E-state index in [0.29, 0.717) is 0 Å². The molecule has 2 aromatic rings. The van der Waals surface area contributed by atoms with Gasteiger partial charge in [0.2, 0.25) is 0 Å². The summed E-state index contributed by atoms with van der Waals surface area (Å²) in [6.07, 6.45) is 1.72. The van der Waals surface area contributed by atoms with E-state index in [4.69, 9.17) is 16.0 Å². The Morgan fingerprint density at radius 2 is 1.75 bits per heavy atom. The van der Waals surface area contributed by atoms with Crippen molar-refractivity contribution in [1.82, 2.24) is 0 Å². The minimum absolute atomic E-state index is 0.128. The van der Waals surface area contributed by atoms with Crippen LogP contribution in [0.4, 0.5) is 0 Å². The van der Waals surface area contributed by atoms with Crippen molar-refractivity contribution in [3.8, 4) is 0 Å². The number of rotatable bonds is 2. The number of hydrogen-bond donors (Lipinski definition) is 0. The molecular formula is C14H15ClO. The Hall–Kier alpha value is -1.21. The maximum atomic E-state index is 6.41. The molecule has 84 valence electrons. The van der Waals surface area contributed by atoms with Crippen molar-refractivity contribution in [2.75, 3.05) is 0 Å². The van der Waals surface area contributed by atoms with E-state index in [-0.39, 0.29) is 5.38 Å². The first-order valence-electron chi connectivity index (χ1n) is 5.34. The Balaban J connectivity index is 2.33. The van der Waals surface area contributed by atoms with E-state index in [0.717, 1.165) is 16.9 Å². The molecule has 0 amide bonds. The van der Waals surface area contributed by atoms with Crippen LogP contribution in [-0.2, 0) is 0 Å². The predicted molar refractivity (Wildman–Crippen MR) is 67.1 cm³/mol. The highest BCUT2D eigenvalue weighted by molar-refractivity contribution is 6.22. The van der Waals surface area contributed by atoms with E-state index in [1.54, 1.807) is 6.26 Å². The zero-order valence-electron chi connectivity index (χ0n) is 9.75. The highest BCUT2D eigenvalue weighted by Crippen LogP contribution is 2.30. The molecule has 0 fully saturated rings. The molecule has 0 aliphatic heterocycles. The van der Waals surface area contributed by atoms with Crippen LogP contribution in [0.3, 0.4) is 0 Å². The van der Waals surface area contributed by atoms with Gasteiger partial charge in [-0.1, -0.05) is 18.2 Å². The fraction of sp³-hybridized carbons (Fsp3) is 0.286. The zero-order chi connectivity index (χ0) is 11.7. The van der Waals surface area contributed by atoms with Crippen molar-refractivity contribution < 1.29 is 4.42 Å². The summed E-state index contributed by atoms with van der Waals surface area (Å²) in [5.41, 5.74) is 4.69. The van der Waals surface area contributed by atoms with Crippen LogP contribution in [0.15, 0.2) is 34.9 Å². The number of aryl methyl sites for hydroxylation is 3. The van der Waals surface area contributed by atoms with Gasteiger partial charge in [0.05, 0.1) is 11.6 Å². The van der Waals surface area contributed by atoms with Crippen molar-refractivity contribution in [3.05, 3.63) is 58.5 Å². The normalized spacial score (nSPS) is 12.8. The van der Waals surface area contributed by atoms with Crippen molar-refractivity contribution in [3.63, 3.8) is 0 Å². The lowest BCUT2D eigenvalue weighted by atomic mass is 10.0. The molecule has 0 bridgehead atoms. The van der Waals surface area contributed by atoms with Gasteiger partial charge in [0.1, 0.15) is 5.76 Å². The fourth-order valence-corrected chi connectivity index (χ4v) is 1.96. The van der Waals surface area contributed by atoms with Crippen LogP contribution in [0.25, 0.3) is 0 Å². The number of hydrogen-bond acceptors (Lipinski definition) is 1. The number of furan rings is 1. The van der Waals surface area contributed by atoms with Crippen molar-refractivity contribution in [1.29, 1.82) is 0 Å². The largest absolute Gasteiger partial charge is 0.469 e. The number of benzene rings is 1. The summed E-state index contributed by atoms with van der Waals surface area (Å²) in [7, 11) is 0. The molecule has 1 atom stereocenters. The summed E-state index contributed by atoms with van der Waals surface area (Å²) in [6, 6.07) is 8.29. The van der Waals surface area contributed by atoms with E-state index in [2.05, 4.69) is 32.0 Å². The Labute approximate surface area is 101 Å². The first-order chi connectivity index (χ1) is 7.58. The van der Waals surface area contributed by atoms with Crippen LogP contribution in [-0.4, -0.2) is 0 Å². The molecule has 2 rings (SSSR count). The maximum Gasteiger partial charge on any atom is 0.101 e. The predicted octanol–water partition coefficient (Wildman–Crippen LogP) is 4.53. The molecule has 0 saturated heterocycles. The second-order valence-corrected chi connectivity index (χ2v) is 4.63. The molecule has 1 nitrogen and oxygen atoms in total. The van der Waals surface area contributed by atoms with Crippen LogP contribution >= 0.6 is 11.6 Å². The SMILES string of the molecule is Cc1cc(C(Cl)c2ccc(C)c(C)c2)co1. The van der Waals surface area contributed by atoms with Gasteiger partial charge in [-0.25, -0.2) is 0 Å². The molecule has 0 spiro atoms. The van der Waals surface area contributed by atoms with Crippen molar-refractivity contribution >= 4 is 11.6 Å². The van der Waals surface area contributed by atoms with E-state index in [1.807, 2.05) is 13.0 Å². The van der Waals surface area contributed by atoms with E-state index >= 15 is 0 Å². The summed E-state index contributed by atoms with van der Waals surface area (Å²) in [6.45, 7) is 6.13. The van der Waals surface area contributed by atoms with Gasteiger partial charge in [0.15, 0.2) is 0 Å². The molecule has 1 heterocycles. The van der Waals surface area contributed by atoms with E-state index in [9.17, 15) is 0 Å². The molecule has 2 heteroatoms. The van der Waals surface area contributed by atoms with Gasteiger partial charge in [0.25, 0.3) is 0 Å². The number of halogens is 1. The number of alkyl halides is 1. The molecule has 0 aliphatic rings. The monoisotopic (exact) mass is 234 g/mol. The van der Waals surface area contributed by atoms with Crippen molar-refractivity contribution in [2.24, 2.45) is 0 Å². The molecule has 1 aromatic carbocycles. The minimum atomic E-state index is -0.128. The average Bonchev–Trinajstić information content (AvgIpc) is 2.68. The summed E-state index contributed by atoms with van der Waals surface area (Å²) < 4.78 is 5.28. The molecule has 0 N–H and O–H groups in total. The van der Waals surface area contributed by atoms with Crippen LogP contribution in [0, 0.1) is 20.8 Å². The summed E-state index contributed by atoms with van der Waals surface area (Å²) in [5.74, 6) is 0.893. The van der Waals surface area contributed by atoms with Gasteiger partial charge in [-0.05, 0) is 43.5 Å². The van der Waals surface area contributed by atoms with Gasteiger partial charge in [-0.2, -0.15) is 0 Å². The van der Waals surface area contributed by atoms with Gasteiger partial charge >= 0.3 is 0 Å². The van der Waals surface area contributed by atoms with Gasteiger partial charge in [-0.3, -0.25) is 0 Å². The molecule has 16 heavy (non-hydrogen) atoms. The first kappa shape index (κ1) is 11.3. The fourth-order valence-electron chi connectivity index (χ4n) is 1.71. The third-order valence-electron chi connectivity index (χ3n) is 2.87. The Kier molecular flexibility index (Phi) is 3.06. The lowest BCUT2D eigenvalue weighted by Gasteiger charge is -2.09. The lowest BCUT2D eigenvalue weighted by molar-refractivity contribution is 0.532. The Morgan fingerprint density at radius 1 is 1.00 bits per heavy atom. The quantitative estimate of drug-likeness (QED) is 0.696. The average molecular weight is 235 g/mol. The second kappa shape index (κ2) is 4.34. The Morgan fingerprint density at radius 3 is 2.31 bits per heavy atom. The zero-order valence-corrected chi connectivity index (χ0v) is 10.5. The van der Waals surface area contributed by atoms with Gasteiger partial charge in [-0.15, -0.1) is 11.6 Å². The third kappa shape index (κ3) is 2.14. The maximum absolute atomic E-state index is 6.41. The second-order valence-electron chi connectivity index (χ2n) is 4.20. The van der Waals surface area contributed by atoms with Crippen molar-refractivity contribution in [2.45, 2.75) is 26.1 Å². The third-order valence-corrected chi connectivity index (χ3v) is 3.37. The molecule has 0 aliphatic carbocycles. The van der Waals surface area contributed by atoms with Crippen LogP contribution < -0.4 is 0 Å². The molecule has 1 aromatic heterocycles. The van der Waals surface area contributed by atoms with E-state index < -0.39 is 0 Å². The lowest BCUT2D eigenvalue weighted by Crippen LogP contribution is -1.93. The van der Waals surface area contributed by atoms with E-state index in [1.165, 1.54) is 11.1 Å². The van der Waals surface area contributed by atoms with Crippen LogP contribution in [0.5, 0.6) is 0 Å². The summed E-state index contributed by atoms with van der Waals surface area (Å²) in [5, 5.41) is -0.128. The van der Waals surface area contributed by atoms with Crippen LogP contribution in [0.2, 0.25) is 0 Å². The van der Waals surface area contributed by atoms with Gasteiger partial charge < -0.3 is 4.42 Å². The Bertz CT molecular complexity index is 499. The highest BCUT2D eigenvalue weighted by atomic mass is 35.5. The van der Waals surface area contributed by atoms with Gasteiger partial charge in [0, 0.05) is 5.56 Å². The molecule has 1 unspecified atom stereocenters. The standard InChI is InChI=1S/C14H15ClO/c1-9-4-5-12(6-10(9)2)14(15)13-7-11(3)16-8-13/h4-8,14H,1-3H3. The first-order valence-corrected chi connectivity index (χ1v) is 5.78. The highest BCUT2D eigenvalue weighted by Gasteiger charge is 2.13. The minimum Gasteiger partial charge on any atom is -0.469 e. The summed E-state index contributed by atoms with van der Waals surface area (Å²) >= 11 is 6.41. The smallest absolute Gasteiger partial charge is 0.101 e.